The number of carbonyl (C=O) groups is 1. The first kappa shape index (κ1) is 18.8. The van der Waals surface area contributed by atoms with E-state index in [9.17, 15) is 9.18 Å². The van der Waals surface area contributed by atoms with E-state index in [1.807, 2.05) is 0 Å². The van der Waals surface area contributed by atoms with E-state index in [1.54, 1.807) is 12.1 Å². The van der Waals surface area contributed by atoms with Crippen LogP contribution in [0.5, 0.6) is 0 Å². The molecule has 7 heteroatoms. The van der Waals surface area contributed by atoms with Crippen LogP contribution in [0.1, 0.15) is 50.4 Å². The molecule has 1 aliphatic rings. The highest BCUT2D eigenvalue weighted by Gasteiger charge is 2.32. The molecule has 2 aromatic rings. The smallest absolute Gasteiger partial charge is 0.242 e. The summed E-state index contributed by atoms with van der Waals surface area (Å²) in [7, 11) is 0. The summed E-state index contributed by atoms with van der Waals surface area (Å²) in [5.74, 6) is 0.560. The number of nitrogens with zero attached hydrogens (tertiary/aromatic N) is 3. The van der Waals surface area contributed by atoms with Gasteiger partial charge in [-0.25, -0.2) is 9.37 Å². The van der Waals surface area contributed by atoms with Crippen molar-refractivity contribution in [1.29, 1.82) is 0 Å². The minimum absolute atomic E-state index is 0.0916. The van der Waals surface area contributed by atoms with E-state index in [0.717, 1.165) is 55.9 Å². The van der Waals surface area contributed by atoms with Crippen molar-refractivity contribution < 1.29 is 9.18 Å². The summed E-state index contributed by atoms with van der Waals surface area (Å²) >= 11 is 1.33. The summed E-state index contributed by atoms with van der Waals surface area (Å²) in [4.78, 5) is 19.2. The lowest BCUT2D eigenvalue weighted by molar-refractivity contribution is -0.122. The molecule has 0 radical (unpaired) electrons. The van der Waals surface area contributed by atoms with E-state index in [2.05, 4.69) is 26.5 Å². The maximum atomic E-state index is 13.0. The van der Waals surface area contributed by atoms with Crippen LogP contribution in [-0.2, 0) is 11.2 Å². The van der Waals surface area contributed by atoms with Gasteiger partial charge in [-0.15, -0.1) is 0 Å². The van der Waals surface area contributed by atoms with Gasteiger partial charge in [0.15, 0.2) is 0 Å². The minimum Gasteiger partial charge on any atom is -0.354 e. The van der Waals surface area contributed by atoms with Crippen molar-refractivity contribution in [1.82, 2.24) is 14.7 Å². The summed E-state index contributed by atoms with van der Waals surface area (Å²) in [5.41, 5.74) is 0.974. The van der Waals surface area contributed by atoms with Crippen LogP contribution in [-0.4, -0.2) is 34.4 Å². The molecular weight excluding hydrogens is 351 g/mol. The Bertz CT molecular complexity index is 719. The highest BCUT2D eigenvalue weighted by Crippen LogP contribution is 2.27. The number of rotatable bonds is 8. The molecule has 1 aliphatic heterocycles. The van der Waals surface area contributed by atoms with Gasteiger partial charge in [0, 0.05) is 31.0 Å². The lowest BCUT2D eigenvalue weighted by Crippen LogP contribution is -2.43. The third-order valence-electron chi connectivity index (χ3n) is 4.61. The normalized spacial score (nSPS) is 16.8. The summed E-state index contributed by atoms with van der Waals surface area (Å²) in [6.07, 6.45) is 5.71. The van der Waals surface area contributed by atoms with Gasteiger partial charge in [-0.2, -0.15) is 4.37 Å². The van der Waals surface area contributed by atoms with Crippen LogP contribution in [0, 0.1) is 5.82 Å². The zero-order chi connectivity index (χ0) is 18.4. The molecule has 1 aromatic heterocycles. The number of carbonyl (C=O) groups excluding carboxylic acids is 1. The monoisotopic (exact) mass is 376 g/mol. The molecule has 1 amide bonds. The average molecular weight is 377 g/mol. The predicted octanol–water partition coefficient (Wildman–Crippen LogP) is 3.54. The second-order valence-corrected chi connectivity index (χ2v) is 7.38. The van der Waals surface area contributed by atoms with Crippen LogP contribution in [0.25, 0.3) is 0 Å². The molecule has 2 heterocycles. The average Bonchev–Trinajstić information content (AvgIpc) is 3.29. The van der Waals surface area contributed by atoms with Crippen molar-refractivity contribution >= 4 is 22.6 Å². The minimum atomic E-state index is -0.245. The second-order valence-electron chi connectivity index (χ2n) is 6.65. The Morgan fingerprint density at radius 2 is 2.15 bits per heavy atom. The molecule has 26 heavy (non-hydrogen) atoms. The SMILES string of the molecule is CCCCCNC(=O)C1CCCN1c1nc(Cc2ccc(F)cc2)ns1. The van der Waals surface area contributed by atoms with Crippen LogP contribution in [0.4, 0.5) is 9.52 Å². The Balaban J connectivity index is 1.60. The molecule has 0 spiro atoms. The van der Waals surface area contributed by atoms with Crippen molar-refractivity contribution in [2.24, 2.45) is 0 Å². The first-order chi connectivity index (χ1) is 12.7. The highest BCUT2D eigenvalue weighted by molar-refractivity contribution is 7.09. The molecule has 0 aliphatic carbocycles. The molecular formula is C19H25FN4OS. The van der Waals surface area contributed by atoms with Crippen LogP contribution in [0.2, 0.25) is 0 Å². The van der Waals surface area contributed by atoms with Gasteiger partial charge in [-0.3, -0.25) is 4.79 Å². The third-order valence-corrected chi connectivity index (χ3v) is 5.40. The quantitative estimate of drug-likeness (QED) is 0.716. The Labute approximate surface area is 157 Å². The van der Waals surface area contributed by atoms with Crippen LogP contribution < -0.4 is 10.2 Å². The standard InChI is InChI=1S/C19H25FN4OS/c1-2-3-4-11-21-18(25)16-6-5-12-24(16)19-22-17(23-26-19)13-14-7-9-15(20)10-8-14/h7-10,16H,2-6,11-13H2,1H3,(H,21,25). The van der Waals surface area contributed by atoms with Gasteiger partial charge in [0.1, 0.15) is 17.7 Å². The molecule has 1 unspecified atom stereocenters. The van der Waals surface area contributed by atoms with E-state index in [-0.39, 0.29) is 17.8 Å². The van der Waals surface area contributed by atoms with E-state index in [0.29, 0.717) is 12.2 Å². The Morgan fingerprint density at radius 3 is 2.92 bits per heavy atom. The first-order valence-electron chi connectivity index (χ1n) is 9.28. The van der Waals surface area contributed by atoms with Gasteiger partial charge < -0.3 is 10.2 Å². The number of nitrogens with one attached hydrogen (secondary N) is 1. The van der Waals surface area contributed by atoms with Crippen molar-refractivity contribution in [3.63, 3.8) is 0 Å². The fourth-order valence-electron chi connectivity index (χ4n) is 3.19. The maximum absolute atomic E-state index is 13.0. The highest BCUT2D eigenvalue weighted by atomic mass is 32.1. The molecule has 3 rings (SSSR count). The summed E-state index contributed by atoms with van der Waals surface area (Å²) in [6.45, 7) is 3.72. The number of unbranched alkanes of at least 4 members (excludes halogenated alkanes) is 2. The number of benzene rings is 1. The number of hydrogen-bond acceptors (Lipinski definition) is 5. The fourth-order valence-corrected chi connectivity index (χ4v) is 3.95. The molecule has 1 aromatic carbocycles. The van der Waals surface area contributed by atoms with Crippen molar-refractivity contribution in [2.75, 3.05) is 18.0 Å². The molecule has 5 nitrogen and oxygen atoms in total. The van der Waals surface area contributed by atoms with E-state index < -0.39 is 0 Å². The Morgan fingerprint density at radius 1 is 1.35 bits per heavy atom. The molecule has 140 valence electrons. The van der Waals surface area contributed by atoms with Gasteiger partial charge in [0.05, 0.1) is 0 Å². The molecule has 1 N–H and O–H groups in total. The maximum Gasteiger partial charge on any atom is 0.242 e. The van der Waals surface area contributed by atoms with Gasteiger partial charge >= 0.3 is 0 Å². The lowest BCUT2D eigenvalue weighted by atomic mass is 10.1. The molecule has 1 saturated heterocycles. The van der Waals surface area contributed by atoms with Crippen molar-refractivity contribution in [3.05, 3.63) is 41.5 Å². The fraction of sp³-hybridized carbons (Fsp3) is 0.526. The van der Waals surface area contributed by atoms with Crippen molar-refractivity contribution in [3.8, 4) is 0 Å². The molecule has 0 bridgehead atoms. The second kappa shape index (κ2) is 9.07. The Kier molecular flexibility index (Phi) is 6.55. The van der Waals surface area contributed by atoms with E-state index in [1.165, 1.54) is 23.7 Å². The van der Waals surface area contributed by atoms with E-state index in [4.69, 9.17) is 0 Å². The lowest BCUT2D eigenvalue weighted by Gasteiger charge is -2.22. The third kappa shape index (κ3) is 4.78. The van der Waals surface area contributed by atoms with Crippen LogP contribution in [0.3, 0.4) is 0 Å². The Hall–Kier alpha value is -2.02. The zero-order valence-corrected chi connectivity index (χ0v) is 15.9. The number of amides is 1. The summed E-state index contributed by atoms with van der Waals surface area (Å²) < 4.78 is 17.4. The number of hydrogen-bond donors (Lipinski definition) is 1. The topological polar surface area (TPSA) is 58.1 Å². The molecule has 1 fully saturated rings. The van der Waals surface area contributed by atoms with Crippen molar-refractivity contribution in [2.45, 2.75) is 51.5 Å². The molecule has 0 saturated carbocycles. The molecule has 1 atom stereocenters. The summed E-state index contributed by atoms with van der Waals surface area (Å²) in [5, 5.41) is 3.85. The van der Waals surface area contributed by atoms with E-state index >= 15 is 0 Å². The first-order valence-corrected chi connectivity index (χ1v) is 10.1. The van der Waals surface area contributed by atoms with Gasteiger partial charge in [0.2, 0.25) is 11.0 Å². The number of anilines is 1. The van der Waals surface area contributed by atoms with Gasteiger partial charge in [0.25, 0.3) is 0 Å². The predicted molar refractivity (Wildman–Crippen MR) is 102 cm³/mol. The van der Waals surface area contributed by atoms with Crippen LogP contribution in [0.15, 0.2) is 24.3 Å². The van der Waals surface area contributed by atoms with Crippen LogP contribution >= 0.6 is 11.5 Å². The summed E-state index contributed by atoms with van der Waals surface area (Å²) in [6, 6.07) is 6.24. The van der Waals surface area contributed by atoms with Gasteiger partial charge in [-0.1, -0.05) is 31.9 Å². The number of aromatic nitrogens is 2. The largest absolute Gasteiger partial charge is 0.354 e. The van der Waals surface area contributed by atoms with Gasteiger partial charge in [-0.05, 0) is 37.0 Å². The zero-order valence-electron chi connectivity index (χ0n) is 15.1. The number of halogens is 1.